The smallest absolute Gasteiger partial charge is 0.00255 e. The molecule has 82 valence electrons. The maximum atomic E-state index is 3.45. The SMILES string of the molecule is CCC1(c2ccc(C)cc2)CCNCC1. The van der Waals surface area contributed by atoms with Crippen LogP contribution in [-0.4, -0.2) is 13.1 Å². The average Bonchev–Trinajstić information content (AvgIpc) is 2.31. The first-order valence-corrected chi connectivity index (χ1v) is 6.05. The molecule has 1 heterocycles. The number of nitrogens with one attached hydrogen (secondary N) is 1. The molecule has 0 radical (unpaired) electrons. The Morgan fingerprint density at radius 1 is 1.13 bits per heavy atom. The molecule has 1 aliphatic rings. The van der Waals surface area contributed by atoms with Crippen LogP contribution in [-0.2, 0) is 5.41 Å². The molecule has 1 fully saturated rings. The zero-order valence-corrected chi connectivity index (χ0v) is 9.84. The zero-order valence-electron chi connectivity index (χ0n) is 9.84. The molecule has 0 spiro atoms. The van der Waals surface area contributed by atoms with Crippen LogP contribution in [0.2, 0.25) is 0 Å². The van der Waals surface area contributed by atoms with Gasteiger partial charge in [-0.25, -0.2) is 0 Å². The molecule has 0 unspecified atom stereocenters. The van der Waals surface area contributed by atoms with Crippen molar-refractivity contribution in [2.45, 2.75) is 38.5 Å². The van der Waals surface area contributed by atoms with Crippen LogP contribution in [0.3, 0.4) is 0 Å². The van der Waals surface area contributed by atoms with Gasteiger partial charge in [0.2, 0.25) is 0 Å². The first kappa shape index (κ1) is 10.7. The molecule has 0 bridgehead atoms. The van der Waals surface area contributed by atoms with Gasteiger partial charge in [-0.2, -0.15) is 0 Å². The van der Waals surface area contributed by atoms with Crippen molar-refractivity contribution in [2.75, 3.05) is 13.1 Å². The maximum Gasteiger partial charge on any atom is -0.00255 e. The highest BCUT2D eigenvalue weighted by atomic mass is 14.9. The van der Waals surface area contributed by atoms with E-state index in [2.05, 4.69) is 43.4 Å². The van der Waals surface area contributed by atoms with Crippen molar-refractivity contribution in [2.24, 2.45) is 0 Å². The second-order valence-electron chi connectivity index (χ2n) is 4.75. The Morgan fingerprint density at radius 3 is 2.27 bits per heavy atom. The van der Waals surface area contributed by atoms with E-state index in [4.69, 9.17) is 0 Å². The molecule has 0 amide bonds. The summed E-state index contributed by atoms with van der Waals surface area (Å²) in [5.74, 6) is 0. The minimum atomic E-state index is 0.443. The molecule has 0 aromatic heterocycles. The lowest BCUT2D eigenvalue weighted by Gasteiger charge is -2.37. The Hall–Kier alpha value is -0.820. The predicted molar refractivity (Wildman–Crippen MR) is 65.3 cm³/mol. The van der Waals surface area contributed by atoms with E-state index in [0.717, 1.165) is 0 Å². The van der Waals surface area contributed by atoms with Gasteiger partial charge in [0.15, 0.2) is 0 Å². The monoisotopic (exact) mass is 203 g/mol. The number of hydrogen-bond donors (Lipinski definition) is 1. The largest absolute Gasteiger partial charge is 0.317 e. The predicted octanol–water partition coefficient (Wildman–Crippen LogP) is 3.03. The normalized spacial score (nSPS) is 20.1. The van der Waals surface area contributed by atoms with Crippen LogP contribution in [0.4, 0.5) is 0 Å². The first-order valence-electron chi connectivity index (χ1n) is 6.05. The van der Waals surface area contributed by atoms with E-state index in [1.165, 1.54) is 43.5 Å². The molecular weight excluding hydrogens is 182 g/mol. The Bertz CT molecular complexity index is 307. The van der Waals surface area contributed by atoms with Crippen LogP contribution in [0.25, 0.3) is 0 Å². The summed E-state index contributed by atoms with van der Waals surface area (Å²) in [4.78, 5) is 0. The van der Waals surface area contributed by atoms with E-state index in [-0.39, 0.29) is 0 Å². The lowest BCUT2D eigenvalue weighted by Crippen LogP contribution is -2.39. The van der Waals surface area contributed by atoms with Crippen molar-refractivity contribution in [1.29, 1.82) is 0 Å². The number of piperidine rings is 1. The van der Waals surface area contributed by atoms with E-state index < -0.39 is 0 Å². The molecular formula is C14H21N. The Kier molecular flexibility index (Phi) is 3.11. The summed E-state index contributed by atoms with van der Waals surface area (Å²) in [7, 11) is 0. The van der Waals surface area contributed by atoms with Crippen LogP contribution >= 0.6 is 0 Å². The standard InChI is InChI=1S/C14H21N/c1-3-14(8-10-15-11-9-14)13-6-4-12(2)5-7-13/h4-7,15H,3,8-11H2,1-2H3. The minimum absolute atomic E-state index is 0.443. The van der Waals surface area contributed by atoms with E-state index >= 15 is 0 Å². The van der Waals surface area contributed by atoms with Gasteiger partial charge < -0.3 is 5.32 Å². The van der Waals surface area contributed by atoms with Crippen molar-refractivity contribution < 1.29 is 0 Å². The highest BCUT2D eigenvalue weighted by Gasteiger charge is 2.31. The zero-order chi connectivity index (χ0) is 10.7. The maximum absolute atomic E-state index is 3.45. The summed E-state index contributed by atoms with van der Waals surface area (Å²) in [6.45, 7) is 6.82. The summed E-state index contributed by atoms with van der Waals surface area (Å²) in [6.07, 6.45) is 3.83. The fraction of sp³-hybridized carbons (Fsp3) is 0.571. The topological polar surface area (TPSA) is 12.0 Å². The van der Waals surface area contributed by atoms with Crippen molar-refractivity contribution in [1.82, 2.24) is 5.32 Å². The second kappa shape index (κ2) is 4.36. The van der Waals surface area contributed by atoms with Crippen LogP contribution in [0.5, 0.6) is 0 Å². The summed E-state index contributed by atoms with van der Waals surface area (Å²) < 4.78 is 0. The van der Waals surface area contributed by atoms with Gasteiger partial charge in [0.1, 0.15) is 0 Å². The number of aryl methyl sites for hydroxylation is 1. The highest BCUT2D eigenvalue weighted by molar-refractivity contribution is 5.29. The fourth-order valence-electron chi connectivity index (χ4n) is 2.66. The molecule has 1 saturated heterocycles. The fourth-order valence-corrected chi connectivity index (χ4v) is 2.66. The number of hydrogen-bond acceptors (Lipinski definition) is 1. The summed E-state index contributed by atoms with van der Waals surface area (Å²) in [6, 6.07) is 9.14. The van der Waals surface area contributed by atoms with Gasteiger partial charge in [-0.1, -0.05) is 36.8 Å². The van der Waals surface area contributed by atoms with Gasteiger partial charge in [0.25, 0.3) is 0 Å². The number of benzene rings is 1. The molecule has 0 saturated carbocycles. The Balaban J connectivity index is 2.28. The molecule has 1 heteroatoms. The van der Waals surface area contributed by atoms with E-state index in [9.17, 15) is 0 Å². The molecule has 1 nitrogen and oxygen atoms in total. The van der Waals surface area contributed by atoms with Crippen LogP contribution in [0.15, 0.2) is 24.3 Å². The third-order valence-electron chi connectivity index (χ3n) is 3.90. The molecule has 2 rings (SSSR count). The Labute approximate surface area is 92.9 Å². The van der Waals surface area contributed by atoms with E-state index in [1.807, 2.05) is 0 Å². The van der Waals surface area contributed by atoms with Crippen molar-refractivity contribution in [3.63, 3.8) is 0 Å². The van der Waals surface area contributed by atoms with Gasteiger partial charge in [-0.15, -0.1) is 0 Å². The highest BCUT2D eigenvalue weighted by Crippen LogP contribution is 2.36. The Morgan fingerprint density at radius 2 is 1.73 bits per heavy atom. The van der Waals surface area contributed by atoms with Crippen LogP contribution < -0.4 is 5.32 Å². The van der Waals surface area contributed by atoms with Gasteiger partial charge in [-0.05, 0) is 50.3 Å². The number of rotatable bonds is 2. The van der Waals surface area contributed by atoms with Crippen LogP contribution in [0.1, 0.15) is 37.3 Å². The lowest BCUT2D eigenvalue weighted by molar-refractivity contribution is 0.298. The summed E-state index contributed by atoms with van der Waals surface area (Å²) >= 11 is 0. The van der Waals surface area contributed by atoms with Crippen LogP contribution in [0, 0.1) is 6.92 Å². The quantitative estimate of drug-likeness (QED) is 0.779. The summed E-state index contributed by atoms with van der Waals surface area (Å²) in [5, 5.41) is 3.45. The van der Waals surface area contributed by atoms with E-state index in [0.29, 0.717) is 5.41 Å². The molecule has 1 aromatic carbocycles. The second-order valence-corrected chi connectivity index (χ2v) is 4.75. The average molecular weight is 203 g/mol. The first-order chi connectivity index (χ1) is 7.27. The van der Waals surface area contributed by atoms with Crippen molar-refractivity contribution >= 4 is 0 Å². The van der Waals surface area contributed by atoms with E-state index in [1.54, 1.807) is 0 Å². The van der Waals surface area contributed by atoms with Crippen molar-refractivity contribution in [3.05, 3.63) is 35.4 Å². The molecule has 1 aromatic rings. The molecule has 1 aliphatic heterocycles. The van der Waals surface area contributed by atoms with Gasteiger partial charge in [0, 0.05) is 0 Å². The molecule has 0 aliphatic carbocycles. The third-order valence-corrected chi connectivity index (χ3v) is 3.90. The minimum Gasteiger partial charge on any atom is -0.317 e. The third kappa shape index (κ3) is 2.07. The van der Waals surface area contributed by atoms with Gasteiger partial charge in [0.05, 0.1) is 0 Å². The summed E-state index contributed by atoms with van der Waals surface area (Å²) in [5.41, 5.74) is 3.34. The molecule has 1 N–H and O–H groups in total. The van der Waals surface area contributed by atoms with Gasteiger partial charge in [-0.3, -0.25) is 0 Å². The lowest BCUT2D eigenvalue weighted by atomic mass is 9.71. The van der Waals surface area contributed by atoms with Crippen molar-refractivity contribution in [3.8, 4) is 0 Å². The molecule has 15 heavy (non-hydrogen) atoms. The molecule has 0 atom stereocenters. The van der Waals surface area contributed by atoms with Gasteiger partial charge >= 0.3 is 0 Å².